The van der Waals surface area contributed by atoms with Crippen molar-refractivity contribution in [3.8, 4) is 0 Å². The maximum absolute atomic E-state index is 13.1. The van der Waals surface area contributed by atoms with Crippen LogP contribution in [0.4, 0.5) is 5.69 Å². The van der Waals surface area contributed by atoms with Gasteiger partial charge in [0.15, 0.2) is 0 Å². The molecule has 0 unspecified atom stereocenters. The molecule has 0 atom stereocenters. The monoisotopic (exact) mass is 472 g/mol. The van der Waals surface area contributed by atoms with E-state index >= 15 is 0 Å². The van der Waals surface area contributed by atoms with Gasteiger partial charge in [0.1, 0.15) is 15.9 Å². The Bertz CT molecular complexity index is 1360. The molecule has 0 aliphatic heterocycles. The van der Waals surface area contributed by atoms with Crippen LogP contribution in [0.2, 0.25) is 5.02 Å². The zero-order valence-corrected chi connectivity index (χ0v) is 18.7. The molecule has 1 aromatic heterocycles. The predicted molar refractivity (Wildman–Crippen MR) is 122 cm³/mol. The van der Waals surface area contributed by atoms with Gasteiger partial charge >= 0.3 is 0 Å². The number of anilines is 1. The minimum Gasteiger partial charge on any atom is -0.337 e. The first kappa shape index (κ1) is 21.2. The summed E-state index contributed by atoms with van der Waals surface area (Å²) in [5.41, 5.74) is 2.00. The van der Waals surface area contributed by atoms with Gasteiger partial charge in [-0.3, -0.25) is 9.52 Å². The van der Waals surface area contributed by atoms with Crippen LogP contribution in [0, 0.1) is 0 Å². The number of fused-ring (bicyclic) bond motifs is 1. The summed E-state index contributed by atoms with van der Waals surface area (Å²) < 4.78 is 36.9. The summed E-state index contributed by atoms with van der Waals surface area (Å²) in [5.74, 6) is -0.341. The minimum atomic E-state index is -4.04. The van der Waals surface area contributed by atoms with E-state index in [0.717, 1.165) is 17.3 Å². The SMILES string of the molecule is CN(Cc1ccccc1)C(=O)c1ccc(Cl)cc1NS(=O)(=O)c1cccc2nsnc12. The third-order valence-electron chi connectivity index (χ3n) is 4.60. The Morgan fingerprint density at radius 2 is 1.84 bits per heavy atom. The van der Waals surface area contributed by atoms with Crippen molar-refractivity contribution in [3.63, 3.8) is 0 Å². The molecule has 1 amide bonds. The number of sulfonamides is 1. The molecule has 4 rings (SSSR count). The maximum Gasteiger partial charge on any atom is 0.264 e. The van der Waals surface area contributed by atoms with E-state index in [0.29, 0.717) is 17.1 Å². The van der Waals surface area contributed by atoms with E-state index < -0.39 is 10.0 Å². The fourth-order valence-electron chi connectivity index (χ4n) is 3.12. The lowest BCUT2D eigenvalue weighted by molar-refractivity contribution is 0.0786. The minimum absolute atomic E-state index is 0.0187. The van der Waals surface area contributed by atoms with Crippen LogP contribution < -0.4 is 4.72 Å². The average molecular weight is 473 g/mol. The summed E-state index contributed by atoms with van der Waals surface area (Å²) in [6, 6.07) is 18.7. The van der Waals surface area contributed by atoms with Crippen molar-refractivity contribution in [1.82, 2.24) is 13.6 Å². The summed E-state index contributed by atoms with van der Waals surface area (Å²) >= 11 is 7.03. The zero-order valence-electron chi connectivity index (χ0n) is 16.3. The first-order valence-corrected chi connectivity index (χ1v) is 11.8. The zero-order chi connectivity index (χ0) is 22.0. The van der Waals surface area contributed by atoms with Gasteiger partial charge in [-0.1, -0.05) is 48.0 Å². The Hall–Kier alpha value is -3.01. The van der Waals surface area contributed by atoms with Crippen molar-refractivity contribution in [2.45, 2.75) is 11.4 Å². The van der Waals surface area contributed by atoms with Gasteiger partial charge in [-0.15, -0.1) is 0 Å². The Labute approximate surface area is 188 Å². The summed E-state index contributed by atoms with van der Waals surface area (Å²) in [5, 5.41) is 0.300. The van der Waals surface area contributed by atoms with Crippen molar-refractivity contribution in [2.75, 3.05) is 11.8 Å². The van der Waals surface area contributed by atoms with Gasteiger partial charge in [-0.05, 0) is 35.9 Å². The molecule has 1 N–H and O–H groups in total. The molecule has 7 nitrogen and oxygen atoms in total. The molecule has 0 spiro atoms. The summed E-state index contributed by atoms with van der Waals surface area (Å²) in [6.07, 6.45) is 0. The lowest BCUT2D eigenvalue weighted by Gasteiger charge is -2.20. The second kappa shape index (κ2) is 8.62. The van der Waals surface area contributed by atoms with Gasteiger partial charge in [-0.25, -0.2) is 8.42 Å². The highest BCUT2D eigenvalue weighted by molar-refractivity contribution is 7.93. The molecule has 0 aliphatic carbocycles. The van der Waals surface area contributed by atoms with Crippen molar-refractivity contribution >= 4 is 56.0 Å². The molecule has 3 aromatic carbocycles. The molecule has 1 heterocycles. The number of hydrogen-bond donors (Lipinski definition) is 1. The van der Waals surface area contributed by atoms with Gasteiger partial charge in [0.05, 0.1) is 23.0 Å². The first-order valence-electron chi connectivity index (χ1n) is 9.18. The molecule has 10 heteroatoms. The second-order valence-corrected chi connectivity index (χ2v) is 9.45. The van der Waals surface area contributed by atoms with Crippen molar-refractivity contribution < 1.29 is 13.2 Å². The number of carbonyl (C=O) groups excluding carboxylic acids is 1. The number of hydrogen-bond acceptors (Lipinski definition) is 6. The Morgan fingerprint density at radius 3 is 2.61 bits per heavy atom. The maximum atomic E-state index is 13.1. The van der Waals surface area contributed by atoms with Crippen LogP contribution in [-0.2, 0) is 16.6 Å². The molecule has 0 saturated heterocycles. The van der Waals surface area contributed by atoms with Crippen LogP contribution in [0.15, 0.2) is 71.6 Å². The topological polar surface area (TPSA) is 92.3 Å². The van der Waals surface area contributed by atoms with Gasteiger partial charge in [0.25, 0.3) is 15.9 Å². The molecule has 0 fully saturated rings. The number of rotatable bonds is 6. The molecular formula is C21H17ClN4O3S2. The Kier molecular flexibility index (Phi) is 5.90. The lowest BCUT2D eigenvalue weighted by Crippen LogP contribution is -2.27. The van der Waals surface area contributed by atoms with Crippen LogP contribution in [0.3, 0.4) is 0 Å². The molecule has 0 saturated carbocycles. The van der Waals surface area contributed by atoms with E-state index in [4.69, 9.17) is 11.6 Å². The van der Waals surface area contributed by atoms with E-state index in [-0.39, 0.29) is 27.6 Å². The van der Waals surface area contributed by atoms with Crippen molar-refractivity contribution in [1.29, 1.82) is 0 Å². The number of aromatic nitrogens is 2. The summed E-state index contributed by atoms with van der Waals surface area (Å²) in [4.78, 5) is 14.6. The van der Waals surface area contributed by atoms with E-state index in [2.05, 4.69) is 13.5 Å². The third kappa shape index (κ3) is 4.53. The Morgan fingerprint density at radius 1 is 1.06 bits per heavy atom. The van der Waals surface area contributed by atoms with Crippen LogP contribution in [-0.4, -0.2) is 35.0 Å². The fraction of sp³-hybridized carbons (Fsp3) is 0.0952. The number of halogens is 1. The molecule has 158 valence electrons. The van der Waals surface area contributed by atoms with Crippen LogP contribution >= 0.6 is 23.3 Å². The normalized spacial score (nSPS) is 11.4. The van der Waals surface area contributed by atoms with Crippen molar-refractivity contribution in [2.24, 2.45) is 0 Å². The molecule has 0 bridgehead atoms. The van der Waals surface area contributed by atoms with Gasteiger partial charge < -0.3 is 4.90 Å². The number of carbonyl (C=O) groups is 1. The highest BCUT2D eigenvalue weighted by Crippen LogP contribution is 2.28. The number of nitrogens with zero attached hydrogens (tertiary/aromatic N) is 3. The highest BCUT2D eigenvalue weighted by atomic mass is 35.5. The highest BCUT2D eigenvalue weighted by Gasteiger charge is 2.24. The lowest BCUT2D eigenvalue weighted by atomic mass is 10.1. The van der Waals surface area contributed by atoms with Crippen LogP contribution in [0.25, 0.3) is 11.0 Å². The van der Waals surface area contributed by atoms with Crippen molar-refractivity contribution in [3.05, 3.63) is 82.9 Å². The number of benzene rings is 3. The molecule has 31 heavy (non-hydrogen) atoms. The first-order chi connectivity index (χ1) is 14.8. The molecular weight excluding hydrogens is 456 g/mol. The number of nitrogens with one attached hydrogen (secondary N) is 1. The van der Waals surface area contributed by atoms with E-state index in [9.17, 15) is 13.2 Å². The van der Waals surface area contributed by atoms with E-state index in [1.807, 2.05) is 30.3 Å². The van der Waals surface area contributed by atoms with Crippen LogP contribution in [0.1, 0.15) is 15.9 Å². The van der Waals surface area contributed by atoms with E-state index in [1.165, 1.54) is 23.1 Å². The number of amides is 1. The standard InChI is InChI=1S/C21H17ClN4O3S2/c1-26(13-14-6-3-2-4-7-14)21(27)16-11-10-15(22)12-18(16)25-31(28,29)19-9-5-8-17-20(19)24-30-23-17/h2-12,25H,13H2,1H3. The average Bonchev–Trinajstić information content (AvgIpc) is 3.22. The molecule has 0 aliphatic rings. The van der Waals surface area contributed by atoms with Gasteiger partial charge in [0, 0.05) is 18.6 Å². The molecule has 4 aromatic rings. The van der Waals surface area contributed by atoms with E-state index in [1.54, 1.807) is 25.2 Å². The fourth-order valence-corrected chi connectivity index (χ4v) is 5.13. The quantitative estimate of drug-likeness (QED) is 0.448. The van der Waals surface area contributed by atoms with Gasteiger partial charge in [0.2, 0.25) is 0 Å². The predicted octanol–water partition coefficient (Wildman–Crippen LogP) is 4.42. The second-order valence-electron chi connectivity index (χ2n) is 6.83. The summed E-state index contributed by atoms with van der Waals surface area (Å²) in [7, 11) is -2.39. The summed E-state index contributed by atoms with van der Waals surface area (Å²) in [6.45, 7) is 0.373. The third-order valence-corrected chi connectivity index (χ3v) is 6.78. The largest absolute Gasteiger partial charge is 0.337 e. The molecule has 0 radical (unpaired) electrons. The van der Waals surface area contributed by atoms with Gasteiger partial charge in [-0.2, -0.15) is 8.75 Å². The smallest absolute Gasteiger partial charge is 0.264 e. The Balaban J connectivity index is 1.67. The van der Waals surface area contributed by atoms with Crippen LogP contribution in [0.5, 0.6) is 0 Å².